The predicted molar refractivity (Wildman–Crippen MR) is 126 cm³/mol. The van der Waals surface area contributed by atoms with E-state index in [2.05, 4.69) is 34.7 Å². The molecule has 5 nitrogen and oxygen atoms in total. The van der Waals surface area contributed by atoms with E-state index in [1.807, 2.05) is 13.0 Å². The number of aliphatic hydroxyl groups excluding tert-OH is 1. The molecule has 0 saturated heterocycles. The molecule has 0 aliphatic carbocycles. The Kier molecular flexibility index (Phi) is 13.0. The normalized spacial score (nSPS) is 10.9. The van der Waals surface area contributed by atoms with Crippen LogP contribution in [0.15, 0.2) is 10.5 Å². The third-order valence-corrected chi connectivity index (χ3v) is 6.21. The summed E-state index contributed by atoms with van der Waals surface area (Å²) in [5, 5.41) is 8.85. The fraction of sp³-hybridized carbons (Fsp3) is 0.696. The highest BCUT2D eigenvalue weighted by Gasteiger charge is 2.21. The van der Waals surface area contributed by atoms with E-state index in [4.69, 9.17) is 15.6 Å². The van der Waals surface area contributed by atoms with Crippen molar-refractivity contribution in [1.82, 2.24) is 0 Å². The number of ether oxygens (including phenoxy) is 1. The molecule has 0 radical (unpaired) electrons. The van der Waals surface area contributed by atoms with Crippen LogP contribution >= 0.6 is 15.9 Å². The van der Waals surface area contributed by atoms with Gasteiger partial charge in [-0.2, -0.15) is 0 Å². The lowest BCUT2D eigenvalue weighted by Gasteiger charge is -2.28. The molecule has 0 heterocycles. The molecular formula is C23H39BrN2O3. The summed E-state index contributed by atoms with van der Waals surface area (Å²) < 4.78 is 6.26. The Hall–Kier alpha value is -1.27. The molecule has 0 saturated carbocycles. The number of unbranched alkanes of at least 4 members (excludes halogenated alkanes) is 6. The van der Waals surface area contributed by atoms with Crippen molar-refractivity contribution in [1.29, 1.82) is 0 Å². The molecule has 0 fully saturated rings. The van der Waals surface area contributed by atoms with Crippen molar-refractivity contribution in [3.05, 3.63) is 21.7 Å². The second-order valence-electron chi connectivity index (χ2n) is 7.62. The number of hydrogen-bond acceptors (Lipinski definition) is 5. The van der Waals surface area contributed by atoms with Crippen LogP contribution in [-0.2, 0) is 4.74 Å². The highest BCUT2D eigenvalue weighted by molar-refractivity contribution is 9.10. The Bertz CT molecular complexity index is 613. The van der Waals surface area contributed by atoms with E-state index < -0.39 is 0 Å². The SMILES string of the molecule is CCCCCN(CCCCC)c1cc(C(=O)OCCCCCO)c(C)c(Br)c1N. The van der Waals surface area contributed by atoms with Crippen molar-refractivity contribution in [2.75, 3.05) is 36.9 Å². The highest BCUT2D eigenvalue weighted by atomic mass is 79.9. The Morgan fingerprint density at radius 3 is 2.24 bits per heavy atom. The number of aliphatic hydroxyl groups is 1. The Labute approximate surface area is 185 Å². The molecule has 3 N–H and O–H groups in total. The lowest BCUT2D eigenvalue weighted by Crippen LogP contribution is -2.27. The number of nitrogens with two attached hydrogens (primary N) is 1. The van der Waals surface area contributed by atoms with Crippen molar-refractivity contribution >= 4 is 33.3 Å². The van der Waals surface area contributed by atoms with Gasteiger partial charge >= 0.3 is 5.97 Å². The topological polar surface area (TPSA) is 75.8 Å². The number of rotatable bonds is 15. The van der Waals surface area contributed by atoms with Crippen LogP contribution in [0, 0.1) is 6.92 Å². The van der Waals surface area contributed by atoms with Gasteiger partial charge in [0.05, 0.1) is 23.5 Å². The monoisotopic (exact) mass is 470 g/mol. The van der Waals surface area contributed by atoms with Gasteiger partial charge in [0.25, 0.3) is 0 Å². The minimum Gasteiger partial charge on any atom is -0.462 e. The quantitative estimate of drug-likeness (QED) is 0.191. The number of hydrogen-bond donors (Lipinski definition) is 2. The molecule has 166 valence electrons. The summed E-state index contributed by atoms with van der Waals surface area (Å²) in [6.45, 7) is 8.71. The molecule has 1 aromatic carbocycles. The van der Waals surface area contributed by atoms with E-state index in [9.17, 15) is 4.79 Å². The van der Waals surface area contributed by atoms with Gasteiger partial charge in [0.15, 0.2) is 0 Å². The molecule has 0 aliphatic heterocycles. The highest BCUT2D eigenvalue weighted by Crippen LogP contribution is 2.36. The molecular weight excluding hydrogens is 432 g/mol. The van der Waals surface area contributed by atoms with Crippen LogP contribution in [-0.4, -0.2) is 37.4 Å². The first-order valence-corrected chi connectivity index (χ1v) is 11.9. The summed E-state index contributed by atoms with van der Waals surface area (Å²) in [6.07, 6.45) is 9.26. The van der Waals surface area contributed by atoms with Crippen LogP contribution in [0.25, 0.3) is 0 Å². The second-order valence-corrected chi connectivity index (χ2v) is 8.41. The molecule has 0 aromatic heterocycles. The Morgan fingerprint density at radius 2 is 1.69 bits per heavy atom. The van der Waals surface area contributed by atoms with E-state index >= 15 is 0 Å². The number of anilines is 2. The van der Waals surface area contributed by atoms with Gasteiger partial charge in [-0.05, 0) is 66.6 Å². The Balaban J connectivity index is 3.02. The average molecular weight is 471 g/mol. The molecule has 0 atom stereocenters. The van der Waals surface area contributed by atoms with Gasteiger partial charge in [0.1, 0.15) is 0 Å². The predicted octanol–water partition coefficient (Wildman–Crippen LogP) is 5.85. The van der Waals surface area contributed by atoms with E-state index in [1.54, 1.807) is 0 Å². The minimum atomic E-state index is -0.310. The summed E-state index contributed by atoms with van der Waals surface area (Å²) in [4.78, 5) is 15.0. The van der Waals surface area contributed by atoms with E-state index in [1.165, 1.54) is 25.7 Å². The first kappa shape index (κ1) is 25.8. The standard InChI is InChI=1S/C23H39BrN2O3/c1-4-6-9-13-26(14-10-7-5-2)20-17-19(18(3)21(24)22(20)25)23(28)29-16-12-8-11-15-27/h17,27H,4-16,25H2,1-3H3. The second kappa shape index (κ2) is 14.7. The third-order valence-electron chi connectivity index (χ3n) is 5.19. The van der Waals surface area contributed by atoms with E-state index in [0.717, 1.165) is 60.9 Å². The van der Waals surface area contributed by atoms with Crippen LogP contribution in [0.3, 0.4) is 0 Å². The molecule has 1 rings (SSSR count). The average Bonchev–Trinajstić information content (AvgIpc) is 2.71. The summed E-state index contributed by atoms with van der Waals surface area (Å²) >= 11 is 3.60. The fourth-order valence-electron chi connectivity index (χ4n) is 3.32. The van der Waals surface area contributed by atoms with Gasteiger partial charge < -0.3 is 20.5 Å². The molecule has 0 bridgehead atoms. The van der Waals surface area contributed by atoms with Crippen LogP contribution in [0.1, 0.15) is 87.6 Å². The lowest BCUT2D eigenvalue weighted by molar-refractivity contribution is 0.0496. The van der Waals surface area contributed by atoms with Crippen molar-refractivity contribution in [2.45, 2.75) is 78.6 Å². The number of carbonyl (C=O) groups excluding carboxylic acids is 1. The molecule has 0 aliphatic rings. The zero-order valence-electron chi connectivity index (χ0n) is 18.4. The van der Waals surface area contributed by atoms with Crippen LogP contribution in [0.5, 0.6) is 0 Å². The zero-order chi connectivity index (χ0) is 21.6. The summed E-state index contributed by atoms with van der Waals surface area (Å²) in [6, 6.07) is 1.91. The smallest absolute Gasteiger partial charge is 0.338 e. The maximum atomic E-state index is 12.7. The van der Waals surface area contributed by atoms with E-state index in [-0.39, 0.29) is 12.6 Å². The van der Waals surface area contributed by atoms with Gasteiger partial charge in [-0.1, -0.05) is 39.5 Å². The molecule has 1 aromatic rings. The van der Waals surface area contributed by atoms with Crippen molar-refractivity contribution in [3.8, 4) is 0 Å². The van der Waals surface area contributed by atoms with Gasteiger partial charge in [-0.15, -0.1) is 0 Å². The number of carbonyl (C=O) groups is 1. The molecule has 0 unspecified atom stereocenters. The maximum absolute atomic E-state index is 12.7. The summed E-state index contributed by atoms with van der Waals surface area (Å²) in [5.41, 5.74) is 9.44. The number of esters is 1. The number of halogens is 1. The first-order chi connectivity index (χ1) is 14.0. The largest absolute Gasteiger partial charge is 0.462 e. The summed E-state index contributed by atoms with van der Waals surface area (Å²) in [5.74, 6) is -0.310. The van der Waals surface area contributed by atoms with Gasteiger partial charge in [0, 0.05) is 24.2 Å². The maximum Gasteiger partial charge on any atom is 0.338 e. The molecule has 0 amide bonds. The Morgan fingerprint density at radius 1 is 1.07 bits per heavy atom. The van der Waals surface area contributed by atoms with E-state index in [0.29, 0.717) is 17.9 Å². The number of nitrogen functional groups attached to an aromatic ring is 1. The van der Waals surface area contributed by atoms with Crippen molar-refractivity contribution < 1.29 is 14.6 Å². The molecule has 6 heteroatoms. The summed E-state index contributed by atoms with van der Waals surface area (Å²) in [7, 11) is 0. The van der Waals surface area contributed by atoms with Gasteiger partial charge in [-0.25, -0.2) is 4.79 Å². The van der Waals surface area contributed by atoms with Gasteiger partial charge in [0.2, 0.25) is 0 Å². The van der Waals surface area contributed by atoms with Crippen molar-refractivity contribution in [2.24, 2.45) is 0 Å². The molecule has 29 heavy (non-hydrogen) atoms. The third kappa shape index (κ3) is 8.55. The van der Waals surface area contributed by atoms with Crippen molar-refractivity contribution in [3.63, 3.8) is 0 Å². The van der Waals surface area contributed by atoms with Crippen LogP contribution < -0.4 is 10.6 Å². The zero-order valence-corrected chi connectivity index (χ0v) is 20.0. The fourth-order valence-corrected chi connectivity index (χ4v) is 3.74. The minimum absolute atomic E-state index is 0.174. The number of benzene rings is 1. The number of nitrogens with zero attached hydrogens (tertiary/aromatic N) is 1. The van der Waals surface area contributed by atoms with Gasteiger partial charge in [-0.3, -0.25) is 0 Å². The van der Waals surface area contributed by atoms with Crippen LogP contribution in [0.4, 0.5) is 11.4 Å². The lowest BCUT2D eigenvalue weighted by atomic mass is 10.0. The first-order valence-electron chi connectivity index (χ1n) is 11.1. The van der Waals surface area contributed by atoms with Crippen LogP contribution in [0.2, 0.25) is 0 Å². The molecule has 0 spiro atoms.